The lowest BCUT2D eigenvalue weighted by molar-refractivity contribution is -0.117. The number of hydrogen-bond acceptors (Lipinski definition) is 2. The van der Waals surface area contributed by atoms with Gasteiger partial charge in [-0.15, -0.1) is 0 Å². The zero-order chi connectivity index (χ0) is 17.0. The van der Waals surface area contributed by atoms with E-state index in [0.717, 1.165) is 17.0 Å². The number of benzene rings is 2. The van der Waals surface area contributed by atoms with E-state index in [0.29, 0.717) is 24.5 Å². The molecule has 1 aliphatic carbocycles. The highest BCUT2D eigenvalue weighted by Gasteiger charge is 2.28. The molecule has 2 aromatic carbocycles. The van der Waals surface area contributed by atoms with Gasteiger partial charge in [0.05, 0.1) is 0 Å². The number of rotatable bonds is 5. The van der Waals surface area contributed by atoms with Gasteiger partial charge in [-0.3, -0.25) is 4.79 Å². The Balaban J connectivity index is 1.93. The average Bonchev–Trinajstić information content (AvgIpc) is 3.07. The van der Waals surface area contributed by atoms with E-state index in [1.165, 1.54) is 0 Å². The van der Waals surface area contributed by atoms with Crippen LogP contribution in [0.3, 0.4) is 0 Å². The zero-order valence-corrected chi connectivity index (χ0v) is 14.9. The molecule has 0 heterocycles. The lowest BCUT2D eigenvalue weighted by Crippen LogP contribution is -2.14. The molecular formula is C21H23O2P. The summed E-state index contributed by atoms with van der Waals surface area (Å²) in [5, 5.41) is 1.70. The van der Waals surface area contributed by atoms with E-state index in [4.69, 9.17) is 0 Å². The van der Waals surface area contributed by atoms with E-state index in [-0.39, 0.29) is 5.92 Å². The van der Waals surface area contributed by atoms with Crippen molar-refractivity contribution in [1.82, 2.24) is 0 Å². The SMILES string of the molecule is C[C@H](/C=C/P(=O)(c1ccccc1)c1ccccc1)[C@H]1CCC(=O)C1. The second-order valence-electron chi connectivity index (χ2n) is 6.57. The Morgan fingerprint density at radius 3 is 2.00 bits per heavy atom. The second kappa shape index (κ2) is 7.32. The maximum atomic E-state index is 13.8. The Morgan fingerprint density at radius 2 is 1.54 bits per heavy atom. The molecule has 124 valence electrons. The van der Waals surface area contributed by atoms with Crippen LogP contribution in [-0.2, 0) is 9.36 Å². The number of Topliss-reactive ketones (excluding diaryl/α,β-unsaturated/α-hetero) is 1. The summed E-state index contributed by atoms with van der Waals surface area (Å²) in [6.45, 7) is 2.13. The van der Waals surface area contributed by atoms with Crippen molar-refractivity contribution in [2.24, 2.45) is 11.8 Å². The Bertz CT molecular complexity index is 721. The van der Waals surface area contributed by atoms with E-state index < -0.39 is 7.14 Å². The maximum absolute atomic E-state index is 13.8. The van der Waals surface area contributed by atoms with Gasteiger partial charge >= 0.3 is 0 Å². The predicted octanol–water partition coefficient (Wildman–Crippen LogP) is 4.52. The summed E-state index contributed by atoms with van der Waals surface area (Å²) in [5.41, 5.74) is 0. The third-order valence-electron chi connectivity index (χ3n) is 4.91. The van der Waals surface area contributed by atoms with Crippen molar-refractivity contribution < 1.29 is 9.36 Å². The van der Waals surface area contributed by atoms with Gasteiger partial charge in [0.1, 0.15) is 5.78 Å². The summed E-state index contributed by atoms with van der Waals surface area (Å²) in [5.74, 6) is 2.89. The van der Waals surface area contributed by atoms with Crippen molar-refractivity contribution in [2.75, 3.05) is 0 Å². The van der Waals surface area contributed by atoms with E-state index in [1.54, 1.807) is 0 Å². The number of allylic oxidation sites excluding steroid dienone is 1. The summed E-state index contributed by atoms with van der Waals surface area (Å²) in [4.78, 5) is 11.5. The van der Waals surface area contributed by atoms with Crippen LogP contribution in [0.1, 0.15) is 26.2 Å². The van der Waals surface area contributed by atoms with Crippen LogP contribution >= 0.6 is 7.14 Å². The fourth-order valence-electron chi connectivity index (χ4n) is 3.33. The van der Waals surface area contributed by atoms with E-state index in [1.807, 2.05) is 66.5 Å². The van der Waals surface area contributed by atoms with E-state index in [9.17, 15) is 9.36 Å². The van der Waals surface area contributed by atoms with Crippen LogP contribution in [0.15, 0.2) is 72.6 Å². The quantitative estimate of drug-likeness (QED) is 0.751. The first-order valence-corrected chi connectivity index (χ1v) is 10.3. The summed E-state index contributed by atoms with van der Waals surface area (Å²) in [6, 6.07) is 19.3. The molecule has 0 bridgehead atoms. The molecule has 1 aliphatic rings. The summed E-state index contributed by atoms with van der Waals surface area (Å²) < 4.78 is 13.8. The average molecular weight is 338 g/mol. The highest BCUT2D eigenvalue weighted by molar-refractivity contribution is 7.81. The molecule has 2 aromatic rings. The van der Waals surface area contributed by atoms with E-state index >= 15 is 0 Å². The molecule has 1 saturated carbocycles. The molecule has 2 atom stereocenters. The fraction of sp³-hybridized carbons (Fsp3) is 0.286. The molecule has 3 rings (SSSR count). The van der Waals surface area contributed by atoms with Crippen LogP contribution in [-0.4, -0.2) is 5.78 Å². The van der Waals surface area contributed by atoms with Gasteiger partial charge in [-0.2, -0.15) is 0 Å². The van der Waals surface area contributed by atoms with Crippen LogP contribution in [0.4, 0.5) is 0 Å². The molecule has 3 heteroatoms. The second-order valence-corrected chi connectivity index (χ2v) is 9.22. The summed E-state index contributed by atoms with van der Waals surface area (Å²) in [6.07, 6.45) is 4.36. The predicted molar refractivity (Wildman–Crippen MR) is 100 cm³/mol. The minimum Gasteiger partial charge on any atom is -0.309 e. The Labute approximate surface area is 144 Å². The monoisotopic (exact) mass is 338 g/mol. The van der Waals surface area contributed by atoms with Gasteiger partial charge in [0, 0.05) is 23.5 Å². The Hall–Kier alpha value is -1.92. The number of carbonyl (C=O) groups excluding carboxylic acids is 1. The molecule has 0 N–H and O–H groups in total. The molecule has 0 unspecified atom stereocenters. The molecule has 1 fully saturated rings. The minimum atomic E-state index is -2.80. The first-order chi connectivity index (χ1) is 11.6. The third-order valence-corrected chi connectivity index (χ3v) is 7.63. The van der Waals surface area contributed by atoms with Crippen LogP contribution in [0.5, 0.6) is 0 Å². The molecule has 0 spiro atoms. The largest absolute Gasteiger partial charge is 0.309 e. The van der Waals surface area contributed by atoms with Crippen molar-refractivity contribution in [3.63, 3.8) is 0 Å². The normalized spacial score (nSPS) is 19.7. The first-order valence-electron chi connectivity index (χ1n) is 8.51. The van der Waals surface area contributed by atoms with Gasteiger partial charge in [-0.1, -0.05) is 73.7 Å². The van der Waals surface area contributed by atoms with Gasteiger partial charge in [-0.25, -0.2) is 0 Å². The first kappa shape index (κ1) is 16.9. The molecule has 0 radical (unpaired) electrons. The van der Waals surface area contributed by atoms with Crippen molar-refractivity contribution >= 4 is 23.5 Å². The molecule has 0 amide bonds. The lowest BCUT2D eigenvalue weighted by atomic mass is 9.93. The molecule has 0 saturated heterocycles. The summed E-state index contributed by atoms with van der Waals surface area (Å²) >= 11 is 0. The van der Waals surface area contributed by atoms with Gasteiger partial charge in [-0.05, 0) is 24.1 Å². The standard InChI is InChI=1S/C21H23O2P/c1-17(18-12-13-19(22)16-18)14-15-24(23,20-8-4-2-5-9-20)21-10-6-3-7-11-21/h2-11,14-15,17-18H,12-13,16H2,1H3/b15-14+/t17-,18+/m1/s1. The Kier molecular flexibility index (Phi) is 5.16. The molecule has 0 aromatic heterocycles. The zero-order valence-electron chi connectivity index (χ0n) is 14.0. The number of ketones is 1. The smallest absolute Gasteiger partial charge is 0.163 e. The Morgan fingerprint density at radius 1 is 1.00 bits per heavy atom. The van der Waals surface area contributed by atoms with Crippen molar-refractivity contribution in [2.45, 2.75) is 26.2 Å². The van der Waals surface area contributed by atoms with Crippen LogP contribution in [0.25, 0.3) is 0 Å². The molecular weight excluding hydrogens is 315 g/mol. The van der Waals surface area contributed by atoms with Gasteiger partial charge in [0.25, 0.3) is 0 Å². The number of carbonyl (C=O) groups is 1. The van der Waals surface area contributed by atoms with Gasteiger partial charge in [0.2, 0.25) is 0 Å². The molecule has 2 nitrogen and oxygen atoms in total. The van der Waals surface area contributed by atoms with E-state index in [2.05, 4.69) is 13.0 Å². The van der Waals surface area contributed by atoms with Crippen LogP contribution < -0.4 is 10.6 Å². The third kappa shape index (κ3) is 3.60. The van der Waals surface area contributed by atoms with Crippen molar-refractivity contribution in [1.29, 1.82) is 0 Å². The fourth-order valence-corrected chi connectivity index (χ4v) is 5.71. The highest BCUT2D eigenvalue weighted by Crippen LogP contribution is 2.45. The molecule has 0 aliphatic heterocycles. The van der Waals surface area contributed by atoms with Crippen molar-refractivity contribution in [3.8, 4) is 0 Å². The van der Waals surface area contributed by atoms with Gasteiger partial charge < -0.3 is 4.57 Å². The minimum absolute atomic E-state index is 0.261. The van der Waals surface area contributed by atoms with Crippen molar-refractivity contribution in [3.05, 3.63) is 72.6 Å². The van der Waals surface area contributed by atoms with Crippen LogP contribution in [0.2, 0.25) is 0 Å². The van der Waals surface area contributed by atoms with Crippen LogP contribution in [0, 0.1) is 11.8 Å². The maximum Gasteiger partial charge on any atom is 0.163 e. The highest BCUT2D eigenvalue weighted by atomic mass is 31.2. The lowest BCUT2D eigenvalue weighted by Gasteiger charge is -2.18. The van der Waals surface area contributed by atoms with Gasteiger partial charge in [0.15, 0.2) is 7.14 Å². The number of hydrogen-bond donors (Lipinski definition) is 0. The molecule has 24 heavy (non-hydrogen) atoms. The topological polar surface area (TPSA) is 34.1 Å². The summed E-state index contributed by atoms with van der Waals surface area (Å²) in [7, 11) is -2.80.